The Morgan fingerprint density at radius 2 is 2.13 bits per heavy atom. The van der Waals surface area contributed by atoms with Gasteiger partial charge in [-0.15, -0.1) is 0 Å². The van der Waals surface area contributed by atoms with Gasteiger partial charge in [0.25, 0.3) is 11.9 Å². The van der Waals surface area contributed by atoms with E-state index in [9.17, 15) is 22.4 Å². The fraction of sp³-hybridized carbons (Fsp3) is 0.278. The van der Waals surface area contributed by atoms with Crippen LogP contribution in [-0.2, 0) is 11.2 Å². The maximum absolute atomic E-state index is 14.0. The molecule has 30 heavy (non-hydrogen) atoms. The number of hydrogen-bond donors (Lipinski definition) is 2. The molecule has 0 fully saturated rings. The van der Waals surface area contributed by atoms with Gasteiger partial charge in [-0.05, 0) is 30.7 Å². The summed E-state index contributed by atoms with van der Waals surface area (Å²) in [6, 6.07) is 4.55. The first-order valence-corrected chi connectivity index (χ1v) is 8.34. The SMILES string of the molecule is CN=C(N)O[C@@H](Cc1nc(NC(=O)c2ncc(C#N)cc2C)ccc1F)C(F)(F)F. The van der Waals surface area contributed by atoms with Crippen molar-refractivity contribution >= 4 is 17.7 Å². The third kappa shape index (κ3) is 5.63. The van der Waals surface area contributed by atoms with Crippen molar-refractivity contribution in [1.29, 1.82) is 5.26 Å². The van der Waals surface area contributed by atoms with Gasteiger partial charge in [-0.25, -0.2) is 19.4 Å². The van der Waals surface area contributed by atoms with Crippen LogP contribution in [0.5, 0.6) is 0 Å². The van der Waals surface area contributed by atoms with Crippen LogP contribution in [0.4, 0.5) is 23.4 Å². The van der Waals surface area contributed by atoms with Crippen LogP contribution in [0.3, 0.4) is 0 Å². The third-order valence-electron chi connectivity index (χ3n) is 3.81. The number of nitriles is 1. The number of nitrogens with one attached hydrogen (secondary N) is 1. The van der Waals surface area contributed by atoms with E-state index in [-0.39, 0.29) is 17.1 Å². The fourth-order valence-corrected chi connectivity index (χ4v) is 2.34. The molecule has 0 saturated carbocycles. The van der Waals surface area contributed by atoms with E-state index in [0.717, 1.165) is 19.2 Å². The second-order valence-electron chi connectivity index (χ2n) is 5.99. The first-order valence-electron chi connectivity index (χ1n) is 8.34. The number of amides is 1. The minimum Gasteiger partial charge on any atom is -0.452 e. The normalized spacial score (nSPS) is 12.8. The van der Waals surface area contributed by atoms with E-state index >= 15 is 0 Å². The van der Waals surface area contributed by atoms with Crippen molar-refractivity contribution in [3.05, 3.63) is 52.7 Å². The Morgan fingerprint density at radius 1 is 1.43 bits per heavy atom. The standard InChI is InChI=1S/C18H16F4N6O2/c1-9-5-10(7-23)8-26-15(9)16(29)28-14-4-3-11(19)12(27-14)6-13(18(20,21)22)30-17(24)25-2/h3-5,8,13H,6H2,1-2H3,(H2,24,25)(H,27,28,29)/t13-/m0/s1. The van der Waals surface area contributed by atoms with Gasteiger partial charge in [0.05, 0.1) is 11.3 Å². The summed E-state index contributed by atoms with van der Waals surface area (Å²) in [5.74, 6) is -1.95. The van der Waals surface area contributed by atoms with Crippen molar-refractivity contribution in [2.45, 2.75) is 25.6 Å². The first kappa shape index (κ1) is 22.5. The number of aromatic nitrogens is 2. The van der Waals surface area contributed by atoms with Crippen LogP contribution >= 0.6 is 0 Å². The van der Waals surface area contributed by atoms with E-state index in [1.807, 2.05) is 6.07 Å². The number of rotatable bonds is 5. The number of carbonyl (C=O) groups is 1. The quantitative estimate of drug-likeness (QED) is 0.431. The minimum atomic E-state index is -4.87. The van der Waals surface area contributed by atoms with Crippen LogP contribution in [0.2, 0.25) is 0 Å². The molecule has 3 N–H and O–H groups in total. The summed E-state index contributed by atoms with van der Waals surface area (Å²) in [6.45, 7) is 1.55. The second kappa shape index (κ2) is 9.17. The summed E-state index contributed by atoms with van der Waals surface area (Å²) in [5.41, 5.74) is 5.22. The average molecular weight is 424 g/mol. The van der Waals surface area contributed by atoms with Crippen molar-refractivity contribution in [3.8, 4) is 6.07 Å². The molecule has 0 radical (unpaired) electrons. The highest BCUT2D eigenvalue weighted by Gasteiger charge is 2.43. The molecular formula is C18H16F4N6O2. The average Bonchev–Trinajstić information content (AvgIpc) is 2.68. The summed E-state index contributed by atoms with van der Waals surface area (Å²) in [4.78, 5) is 23.3. The van der Waals surface area contributed by atoms with Gasteiger partial charge in [0.15, 0.2) is 0 Å². The van der Waals surface area contributed by atoms with E-state index in [0.29, 0.717) is 5.56 Å². The fourth-order valence-electron chi connectivity index (χ4n) is 2.34. The molecule has 0 bridgehead atoms. The monoisotopic (exact) mass is 424 g/mol. The number of carbonyl (C=O) groups excluding carboxylic acids is 1. The first-order chi connectivity index (χ1) is 14.0. The van der Waals surface area contributed by atoms with Crippen LogP contribution in [0.15, 0.2) is 29.4 Å². The zero-order chi connectivity index (χ0) is 22.5. The minimum absolute atomic E-state index is 0.0230. The van der Waals surface area contributed by atoms with Crippen molar-refractivity contribution in [1.82, 2.24) is 9.97 Å². The number of nitrogens with two attached hydrogens (primary N) is 1. The van der Waals surface area contributed by atoms with Crippen LogP contribution in [0.25, 0.3) is 0 Å². The van der Waals surface area contributed by atoms with Gasteiger partial charge in [-0.2, -0.15) is 18.4 Å². The molecule has 0 aromatic carbocycles. The maximum atomic E-state index is 14.0. The number of nitrogens with zero attached hydrogens (tertiary/aromatic N) is 4. The Kier molecular flexibility index (Phi) is 6.89. The Balaban J connectivity index is 2.26. The van der Waals surface area contributed by atoms with Crippen molar-refractivity contribution < 1.29 is 27.1 Å². The summed E-state index contributed by atoms with van der Waals surface area (Å²) >= 11 is 0. The zero-order valence-electron chi connectivity index (χ0n) is 15.8. The predicted molar refractivity (Wildman–Crippen MR) is 98.0 cm³/mol. The Labute approximate surface area is 168 Å². The number of aryl methyl sites for hydroxylation is 1. The summed E-state index contributed by atoms with van der Waals surface area (Å²) in [5, 5.41) is 11.2. The molecule has 1 atom stereocenters. The van der Waals surface area contributed by atoms with Gasteiger partial charge >= 0.3 is 6.18 Å². The van der Waals surface area contributed by atoms with Crippen LogP contribution < -0.4 is 11.1 Å². The van der Waals surface area contributed by atoms with E-state index < -0.39 is 42.1 Å². The molecule has 0 aliphatic heterocycles. The van der Waals surface area contributed by atoms with Gasteiger partial charge in [0, 0.05) is 19.7 Å². The molecule has 0 spiro atoms. The third-order valence-corrected chi connectivity index (χ3v) is 3.81. The molecule has 2 aromatic rings. The second-order valence-corrected chi connectivity index (χ2v) is 5.99. The molecule has 2 rings (SSSR count). The van der Waals surface area contributed by atoms with Gasteiger partial charge in [0.2, 0.25) is 6.10 Å². The lowest BCUT2D eigenvalue weighted by molar-refractivity contribution is -0.198. The summed E-state index contributed by atoms with van der Waals surface area (Å²) in [7, 11) is 1.14. The zero-order valence-corrected chi connectivity index (χ0v) is 15.8. The summed E-state index contributed by atoms with van der Waals surface area (Å²) < 4.78 is 58.1. The number of pyridine rings is 2. The highest BCUT2D eigenvalue weighted by molar-refractivity contribution is 6.03. The molecular weight excluding hydrogens is 408 g/mol. The van der Waals surface area contributed by atoms with Crippen molar-refractivity contribution in [3.63, 3.8) is 0 Å². The molecule has 12 heteroatoms. The Bertz CT molecular complexity index is 1020. The van der Waals surface area contributed by atoms with Gasteiger partial charge in [0.1, 0.15) is 23.4 Å². The molecule has 0 unspecified atom stereocenters. The number of aliphatic imine (C=N–C) groups is 1. The molecule has 2 aromatic heterocycles. The smallest absolute Gasteiger partial charge is 0.425 e. The van der Waals surface area contributed by atoms with Gasteiger partial charge in [-0.3, -0.25) is 4.79 Å². The van der Waals surface area contributed by atoms with Crippen molar-refractivity contribution in [2.75, 3.05) is 12.4 Å². The lowest BCUT2D eigenvalue weighted by atomic mass is 10.1. The Morgan fingerprint density at radius 3 is 2.70 bits per heavy atom. The van der Waals surface area contributed by atoms with E-state index in [4.69, 9.17) is 11.0 Å². The largest absolute Gasteiger partial charge is 0.452 e. The predicted octanol–water partition coefficient (Wildman–Crippen LogP) is 2.48. The van der Waals surface area contributed by atoms with Crippen LogP contribution in [-0.4, -0.2) is 41.2 Å². The Hall–Kier alpha value is -3.75. The van der Waals surface area contributed by atoms with E-state index in [1.165, 1.54) is 12.3 Å². The van der Waals surface area contributed by atoms with Crippen LogP contribution in [0.1, 0.15) is 27.3 Å². The lowest BCUT2D eigenvalue weighted by Gasteiger charge is -2.21. The molecule has 1 amide bonds. The highest BCUT2D eigenvalue weighted by atomic mass is 19.4. The number of amidine groups is 1. The molecule has 8 nitrogen and oxygen atoms in total. The number of alkyl halides is 3. The van der Waals surface area contributed by atoms with Crippen LogP contribution in [0, 0.1) is 24.1 Å². The molecule has 158 valence electrons. The van der Waals surface area contributed by atoms with E-state index in [1.54, 1.807) is 6.92 Å². The number of anilines is 1. The van der Waals surface area contributed by atoms with E-state index in [2.05, 4.69) is 25.0 Å². The lowest BCUT2D eigenvalue weighted by Crippen LogP contribution is -2.38. The molecule has 0 aliphatic rings. The van der Waals surface area contributed by atoms with Gasteiger partial charge in [-0.1, -0.05) is 0 Å². The number of halogens is 4. The maximum Gasteiger partial charge on any atom is 0.425 e. The number of ether oxygens (including phenoxy) is 1. The van der Waals surface area contributed by atoms with Crippen molar-refractivity contribution in [2.24, 2.45) is 10.7 Å². The molecule has 2 heterocycles. The van der Waals surface area contributed by atoms with Gasteiger partial charge < -0.3 is 15.8 Å². The summed E-state index contributed by atoms with van der Waals surface area (Å²) in [6.07, 6.45) is -7.16. The molecule has 0 aliphatic carbocycles. The molecule has 0 saturated heterocycles. The topological polar surface area (TPSA) is 126 Å². The highest BCUT2D eigenvalue weighted by Crippen LogP contribution is 2.27. The number of hydrogen-bond acceptors (Lipinski definition) is 6.